The van der Waals surface area contributed by atoms with Crippen LogP contribution in [0.4, 0.5) is 0 Å². The van der Waals surface area contributed by atoms with Crippen LogP contribution < -0.4 is 9.54 Å². The molecule has 1 aliphatic carbocycles. The molecule has 22 heavy (non-hydrogen) atoms. The normalized spacial score (nSPS) is 15.6. The number of methoxy groups -OCH3 is 1. The highest BCUT2D eigenvalue weighted by atomic mass is 35.5. The number of aromatic nitrogens is 1. The number of carbonyl (C=O) groups excluding carboxylic acids is 1. The Morgan fingerprint density at radius 2 is 2.32 bits per heavy atom. The summed E-state index contributed by atoms with van der Waals surface area (Å²) in [4.78, 5) is 17.4. The molecule has 3 rings (SSSR count). The Morgan fingerprint density at radius 3 is 3.00 bits per heavy atom. The molecule has 1 amide bonds. The summed E-state index contributed by atoms with van der Waals surface area (Å²) in [5.41, 5.74) is 0.388. The van der Waals surface area contributed by atoms with Gasteiger partial charge in [-0.2, -0.15) is 4.99 Å². The van der Waals surface area contributed by atoms with Crippen LogP contribution in [0.5, 0.6) is 5.75 Å². The molecule has 1 heterocycles. The van der Waals surface area contributed by atoms with Crippen molar-refractivity contribution in [2.24, 2.45) is 10.9 Å². The Hall–Kier alpha value is -1.59. The number of nitrogens with zero attached hydrogens (tertiary/aromatic N) is 2. The zero-order valence-electron chi connectivity index (χ0n) is 12.3. The van der Waals surface area contributed by atoms with Gasteiger partial charge >= 0.3 is 0 Å². The smallest absolute Gasteiger partial charge is 0.283 e. The molecule has 0 radical (unpaired) electrons. The zero-order chi connectivity index (χ0) is 15.5. The number of rotatable bonds is 4. The Balaban J connectivity index is 1.90. The second-order valence-electron chi connectivity index (χ2n) is 5.40. The van der Waals surface area contributed by atoms with Crippen molar-refractivity contribution in [1.29, 1.82) is 0 Å². The minimum absolute atomic E-state index is 0.329. The van der Waals surface area contributed by atoms with Gasteiger partial charge in [-0.15, -0.1) is 11.3 Å². The van der Waals surface area contributed by atoms with Gasteiger partial charge in [0.05, 0.1) is 12.7 Å². The van der Waals surface area contributed by atoms with E-state index in [9.17, 15) is 4.79 Å². The number of amides is 1. The second-order valence-corrected chi connectivity index (χ2v) is 6.71. The number of carbonyl (C=O) groups is 1. The highest BCUT2D eigenvalue weighted by molar-refractivity contribution is 7.07. The van der Waals surface area contributed by atoms with Crippen LogP contribution >= 0.6 is 22.9 Å². The molecule has 0 spiro atoms. The first-order valence-electron chi connectivity index (χ1n) is 7.24. The molecule has 1 saturated carbocycles. The fraction of sp³-hybridized carbons (Fsp3) is 0.375. The summed E-state index contributed by atoms with van der Waals surface area (Å²) in [5.74, 6) is 0.869. The number of benzene rings is 1. The predicted octanol–water partition coefficient (Wildman–Crippen LogP) is 3.75. The third kappa shape index (κ3) is 3.25. The van der Waals surface area contributed by atoms with E-state index < -0.39 is 0 Å². The lowest BCUT2D eigenvalue weighted by atomic mass is 9.85. The first kappa shape index (κ1) is 15.3. The Kier molecular flexibility index (Phi) is 4.64. The summed E-state index contributed by atoms with van der Waals surface area (Å²) in [7, 11) is 1.53. The van der Waals surface area contributed by atoms with Gasteiger partial charge in [-0.3, -0.25) is 4.79 Å². The van der Waals surface area contributed by atoms with Gasteiger partial charge in [0.1, 0.15) is 5.75 Å². The maximum atomic E-state index is 12.5. The van der Waals surface area contributed by atoms with Crippen LogP contribution in [0.1, 0.15) is 29.6 Å². The number of hydrogen-bond acceptors (Lipinski definition) is 3. The van der Waals surface area contributed by atoms with E-state index in [1.165, 1.54) is 37.7 Å². The first-order valence-corrected chi connectivity index (χ1v) is 8.49. The highest BCUT2D eigenvalue weighted by Gasteiger charge is 2.18. The van der Waals surface area contributed by atoms with Crippen molar-refractivity contribution in [3.63, 3.8) is 0 Å². The predicted molar refractivity (Wildman–Crippen MR) is 87.5 cm³/mol. The quantitative estimate of drug-likeness (QED) is 0.853. The van der Waals surface area contributed by atoms with Crippen LogP contribution in [0.25, 0.3) is 0 Å². The third-order valence-corrected chi connectivity index (χ3v) is 4.96. The molecule has 0 bridgehead atoms. The van der Waals surface area contributed by atoms with Crippen molar-refractivity contribution < 1.29 is 9.53 Å². The molecule has 4 nitrogen and oxygen atoms in total. The van der Waals surface area contributed by atoms with Gasteiger partial charge in [0, 0.05) is 23.1 Å². The topological polar surface area (TPSA) is 43.6 Å². The zero-order valence-corrected chi connectivity index (χ0v) is 13.9. The maximum absolute atomic E-state index is 12.5. The highest BCUT2D eigenvalue weighted by Crippen LogP contribution is 2.27. The summed E-state index contributed by atoms with van der Waals surface area (Å²) in [6.45, 7) is 0.933. The van der Waals surface area contributed by atoms with E-state index in [1.54, 1.807) is 18.2 Å². The lowest BCUT2D eigenvalue weighted by Crippen LogP contribution is -2.24. The van der Waals surface area contributed by atoms with Crippen molar-refractivity contribution in [1.82, 2.24) is 4.57 Å². The van der Waals surface area contributed by atoms with Gasteiger partial charge in [0.15, 0.2) is 4.80 Å². The molecule has 0 N–H and O–H groups in total. The number of halogens is 1. The molecule has 0 aliphatic heterocycles. The SMILES string of the molecule is COc1ccc(Cl)cc1C(=O)/N=c1\sccn1CC1CCC1. The molecule has 0 unspecified atom stereocenters. The molecule has 1 aromatic carbocycles. The maximum Gasteiger partial charge on any atom is 0.283 e. The summed E-state index contributed by atoms with van der Waals surface area (Å²) in [5, 5.41) is 2.45. The van der Waals surface area contributed by atoms with Gasteiger partial charge in [-0.05, 0) is 37.0 Å². The van der Waals surface area contributed by atoms with E-state index in [0.717, 1.165) is 11.3 Å². The van der Waals surface area contributed by atoms with Gasteiger partial charge in [0.2, 0.25) is 0 Å². The van der Waals surface area contributed by atoms with E-state index in [-0.39, 0.29) is 5.91 Å². The molecule has 0 atom stereocenters. The monoisotopic (exact) mass is 336 g/mol. The van der Waals surface area contributed by atoms with E-state index in [0.29, 0.717) is 22.3 Å². The Morgan fingerprint density at radius 1 is 1.50 bits per heavy atom. The third-order valence-electron chi connectivity index (χ3n) is 3.93. The summed E-state index contributed by atoms with van der Waals surface area (Å²) in [6, 6.07) is 4.97. The Bertz CT molecular complexity index is 747. The molecular weight excluding hydrogens is 320 g/mol. The average Bonchev–Trinajstić information content (AvgIpc) is 2.90. The molecule has 1 fully saturated rings. The largest absolute Gasteiger partial charge is 0.496 e. The van der Waals surface area contributed by atoms with Crippen LogP contribution in [0, 0.1) is 5.92 Å². The average molecular weight is 337 g/mol. The molecule has 1 aromatic heterocycles. The minimum Gasteiger partial charge on any atom is -0.496 e. The van der Waals surface area contributed by atoms with E-state index >= 15 is 0 Å². The molecule has 1 aliphatic rings. The van der Waals surface area contributed by atoms with E-state index in [2.05, 4.69) is 9.56 Å². The second kappa shape index (κ2) is 6.67. The molecule has 6 heteroatoms. The molecule has 116 valence electrons. The summed E-state index contributed by atoms with van der Waals surface area (Å²) < 4.78 is 7.28. The number of ether oxygens (including phenoxy) is 1. The molecular formula is C16H17ClN2O2S. The van der Waals surface area contributed by atoms with E-state index in [4.69, 9.17) is 16.3 Å². The van der Waals surface area contributed by atoms with Crippen molar-refractivity contribution in [3.05, 3.63) is 45.2 Å². The van der Waals surface area contributed by atoms with Gasteiger partial charge in [0.25, 0.3) is 5.91 Å². The van der Waals surface area contributed by atoms with Crippen molar-refractivity contribution >= 4 is 28.8 Å². The fourth-order valence-electron chi connectivity index (χ4n) is 2.47. The lowest BCUT2D eigenvalue weighted by Gasteiger charge is -2.25. The van der Waals surface area contributed by atoms with Crippen molar-refractivity contribution in [2.75, 3.05) is 7.11 Å². The van der Waals surface area contributed by atoms with E-state index in [1.807, 2.05) is 11.6 Å². The number of thiazole rings is 1. The van der Waals surface area contributed by atoms with Crippen LogP contribution in [0.3, 0.4) is 0 Å². The molecule has 2 aromatic rings. The fourth-order valence-corrected chi connectivity index (χ4v) is 3.38. The van der Waals surface area contributed by atoms with Crippen LogP contribution in [-0.2, 0) is 6.54 Å². The van der Waals surface area contributed by atoms with Crippen LogP contribution in [-0.4, -0.2) is 17.6 Å². The van der Waals surface area contributed by atoms with Gasteiger partial charge < -0.3 is 9.30 Å². The minimum atomic E-state index is -0.329. The summed E-state index contributed by atoms with van der Waals surface area (Å²) >= 11 is 7.44. The number of hydrogen-bond donors (Lipinski definition) is 0. The first-order chi connectivity index (χ1) is 10.7. The lowest BCUT2D eigenvalue weighted by molar-refractivity contribution is 0.0994. The van der Waals surface area contributed by atoms with Crippen molar-refractivity contribution in [2.45, 2.75) is 25.8 Å². The Labute approximate surface area is 138 Å². The van der Waals surface area contributed by atoms with Crippen LogP contribution in [0.2, 0.25) is 5.02 Å². The van der Waals surface area contributed by atoms with Gasteiger partial charge in [-0.1, -0.05) is 18.0 Å². The standard InChI is InChI=1S/C16H17ClN2O2S/c1-21-14-6-5-12(17)9-13(14)15(20)18-16-19(7-8-22-16)10-11-3-2-4-11/h5-9,11H,2-4,10H2,1H3/b18-16-. The van der Waals surface area contributed by atoms with Gasteiger partial charge in [-0.25, -0.2) is 0 Å². The molecule has 0 saturated heterocycles. The van der Waals surface area contributed by atoms with Crippen LogP contribution in [0.15, 0.2) is 34.8 Å². The van der Waals surface area contributed by atoms with Crippen molar-refractivity contribution in [3.8, 4) is 5.75 Å². The summed E-state index contributed by atoms with van der Waals surface area (Å²) in [6.07, 6.45) is 5.82.